The van der Waals surface area contributed by atoms with Crippen LogP contribution in [0.3, 0.4) is 0 Å². The highest BCUT2D eigenvalue weighted by Crippen LogP contribution is 2.31. The van der Waals surface area contributed by atoms with Crippen molar-refractivity contribution in [1.82, 2.24) is 4.31 Å². The molecule has 0 radical (unpaired) electrons. The van der Waals surface area contributed by atoms with E-state index in [1.807, 2.05) is 0 Å². The number of rotatable bonds is 5. The fourth-order valence-electron chi connectivity index (χ4n) is 2.23. The van der Waals surface area contributed by atoms with Gasteiger partial charge in [-0.3, -0.25) is 4.79 Å². The monoisotopic (exact) mass is 387 g/mol. The van der Waals surface area contributed by atoms with Crippen molar-refractivity contribution in [1.29, 1.82) is 0 Å². The van der Waals surface area contributed by atoms with Crippen LogP contribution >= 0.6 is 0 Å². The second-order valence-electron chi connectivity index (χ2n) is 5.49. The highest BCUT2D eigenvalue weighted by molar-refractivity contribution is 7.90. The maximum absolute atomic E-state index is 12.7. The van der Waals surface area contributed by atoms with E-state index in [0.717, 1.165) is 0 Å². The molecule has 1 amide bonds. The van der Waals surface area contributed by atoms with Gasteiger partial charge in [0.2, 0.25) is 0 Å². The molecule has 1 unspecified atom stereocenters. The lowest BCUT2D eigenvalue weighted by atomic mass is 10.0. The lowest BCUT2D eigenvalue weighted by Crippen LogP contribution is -2.41. The largest absolute Gasteiger partial charge is 0.516 e. The summed E-state index contributed by atoms with van der Waals surface area (Å²) in [5.41, 5.74) is -5.81. The molecular formula is C16H12F3NO5S. The molecule has 2 aromatic rings. The van der Waals surface area contributed by atoms with Crippen LogP contribution in [0.1, 0.15) is 10.4 Å². The van der Waals surface area contributed by atoms with Crippen LogP contribution in [0.15, 0.2) is 24.3 Å². The van der Waals surface area contributed by atoms with E-state index in [4.69, 9.17) is 9.47 Å². The minimum atomic E-state index is -5.80. The quantitative estimate of drug-likeness (QED) is 0.735. The molecule has 0 spiro atoms. The molecule has 0 saturated carbocycles. The van der Waals surface area contributed by atoms with Gasteiger partial charge >= 0.3 is 15.5 Å². The minimum Gasteiger partial charge on any atom is -0.489 e. The fourth-order valence-corrected chi connectivity index (χ4v) is 2.86. The zero-order valence-corrected chi connectivity index (χ0v) is 14.1. The van der Waals surface area contributed by atoms with Crippen LogP contribution in [0.4, 0.5) is 13.2 Å². The molecule has 10 heteroatoms. The van der Waals surface area contributed by atoms with Crippen molar-refractivity contribution >= 4 is 26.7 Å². The van der Waals surface area contributed by atoms with Gasteiger partial charge in [0.15, 0.2) is 0 Å². The average molecular weight is 387 g/mol. The van der Waals surface area contributed by atoms with Gasteiger partial charge < -0.3 is 9.47 Å². The molecule has 138 valence electrons. The van der Waals surface area contributed by atoms with E-state index < -0.39 is 21.4 Å². The third kappa shape index (κ3) is 3.27. The smallest absolute Gasteiger partial charge is 0.489 e. The number of carbonyl (C=O) groups excluding carboxylic acids is 1. The summed E-state index contributed by atoms with van der Waals surface area (Å²) >= 11 is 0. The van der Waals surface area contributed by atoms with Crippen molar-refractivity contribution in [2.45, 2.75) is 11.6 Å². The second-order valence-corrected chi connectivity index (χ2v) is 7.45. The molecule has 6 nitrogen and oxygen atoms in total. The van der Waals surface area contributed by atoms with E-state index >= 15 is 0 Å². The summed E-state index contributed by atoms with van der Waals surface area (Å²) in [5, 5.41) is 0.504. The SMILES string of the molecule is CN(C(=O)c1ccc(OCC2CO2)c2c#cccc12)S(=O)(=O)C(F)(F)F. The van der Waals surface area contributed by atoms with E-state index in [0.29, 0.717) is 24.8 Å². The Kier molecular flexibility index (Phi) is 4.46. The number of alkyl halides is 3. The Labute approximate surface area is 147 Å². The lowest BCUT2D eigenvalue weighted by molar-refractivity contribution is -0.0477. The van der Waals surface area contributed by atoms with Crippen molar-refractivity contribution in [2.75, 3.05) is 20.3 Å². The van der Waals surface area contributed by atoms with Crippen LogP contribution < -0.4 is 4.74 Å². The second kappa shape index (κ2) is 6.34. The van der Waals surface area contributed by atoms with Crippen LogP contribution in [-0.4, -0.2) is 50.5 Å². The Morgan fingerprint density at radius 2 is 2.08 bits per heavy atom. The number of fused-ring (bicyclic) bond motifs is 1. The van der Waals surface area contributed by atoms with Gasteiger partial charge in [-0.2, -0.15) is 21.6 Å². The molecule has 1 aliphatic rings. The summed E-state index contributed by atoms with van der Waals surface area (Å²) in [6.45, 7) is 0.845. The molecule has 0 aliphatic carbocycles. The molecule has 1 fully saturated rings. The van der Waals surface area contributed by atoms with E-state index in [1.54, 1.807) is 0 Å². The summed E-state index contributed by atoms with van der Waals surface area (Å²) in [7, 11) is -5.24. The third-order valence-corrected chi connectivity index (χ3v) is 5.21. The Bertz CT molecular complexity index is 954. The predicted molar refractivity (Wildman–Crippen MR) is 83.9 cm³/mol. The number of benzene rings is 1. The first kappa shape index (κ1) is 18.3. The number of halogens is 3. The number of amides is 1. The summed E-state index contributed by atoms with van der Waals surface area (Å²) in [6, 6.07) is 10.8. The molecule has 2 aromatic carbocycles. The van der Waals surface area contributed by atoms with Crippen molar-refractivity contribution in [3.8, 4) is 5.75 Å². The van der Waals surface area contributed by atoms with E-state index in [-0.39, 0.29) is 28.0 Å². The topological polar surface area (TPSA) is 76.2 Å². The zero-order valence-electron chi connectivity index (χ0n) is 13.3. The first-order chi connectivity index (χ1) is 12.1. The summed E-state index contributed by atoms with van der Waals surface area (Å²) in [5.74, 6) is -0.978. The van der Waals surface area contributed by atoms with Gasteiger partial charge in [-0.15, -0.1) is 0 Å². The van der Waals surface area contributed by atoms with Crippen molar-refractivity contribution in [3.05, 3.63) is 42.0 Å². The number of hydrogen-bond acceptors (Lipinski definition) is 5. The van der Waals surface area contributed by atoms with E-state index in [2.05, 4.69) is 12.1 Å². The fraction of sp³-hybridized carbons (Fsp3) is 0.312. The number of nitrogens with zero attached hydrogens (tertiary/aromatic N) is 1. The molecular weight excluding hydrogens is 375 g/mol. The maximum Gasteiger partial charge on any atom is 0.516 e. The van der Waals surface area contributed by atoms with Crippen molar-refractivity contribution < 1.29 is 35.9 Å². The molecule has 1 aliphatic heterocycles. The zero-order chi connectivity index (χ0) is 19.1. The number of hydrogen-bond donors (Lipinski definition) is 0. The van der Waals surface area contributed by atoms with Gasteiger partial charge in [-0.25, -0.2) is 4.31 Å². The van der Waals surface area contributed by atoms with Crippen LogP contribution in [0.2, 0.25) is 0 Å². The maximum atomic E-state index is 12.7. The first-order valence-electron chi connectivity index (χ1n) is 7.32. The van der Waals surface area contributed by atoms with Gasteiger partial charge in [0.05, 0.1) is 12.0 Å². The van der Waals surface area contributed by atoms with Crippen LogP contribution in [0.5, 0.6) is 5.75 Å². The van der Waals surface area contributed by atoms with Crippen LogP contribution in [0.25, 0.3) is 10.8 Å². The molecule has 1 atom stereocenters. The Balaban J connectivity index is 2.00. The molecule has 3 rings (SSSR count). The number of ether oxygens (including phenoxy) is 2. The Morgan fingerprint density at radius 1 is 1.38 bits per heavy atom. The molecule has 1 saturated heterocycles. The standard InChI is InChI=1S/C16H12F3NO5S/c1-20(26(22,23)16(17,18)19)15(21)13-6-7-14(25-9-10-8-24-10)12-5-3-2-4-11(12)13/h2,4,6-7,10H,8-9H2,1H3. The Hall–Kier alpha value is -2.51. The number of epoxide rings is 1. The average Bonchev–Trinajstić information content (AvgIpc) is 3.41. The van der Waals surface area contributed by atoms with Gasteiger partial charge in [0, 0.05) is 18.0 Å². The van der Waals surface area contributed by atoms with Gasteiger partial charge in [0.25, 0.3) is 5.91 Å². The van der Waals surface area contributed by atoms with Gasteiger partial charge in [0.1, 0.15) is 18.5 Å². The number of sulfonamides is 1. The van der Waals surface area contributed by atoms with Crippen molar-refractivity contribution in [2.24, 2.45) is 0 Å². The first-order valence-corrected chi connectivity index (χ1v) is 8.76. The normalized spacial score (nSPS) is 16.8. The third-order valence-electron chi connectivity index (χ3n) is 3.73. The van der Waals surface area contributed by atoms with Crippen LogP contribution in [0, 0.1) is 12.1 Å². The summed E-state index contributed by atoms with van der Waals surface area (Å²) in [4.78, 5) is 12.4. The highest BCUT2D eigenvalue weighted by atomic mass is 32.2. The van der Waals surface area contributed by atoms with E-state index in [1.165, 1.54) is 24.3 Å². The van der Waals surface area contributed by atoms with Crippen molar-refractivity contribution in [3.63, 3.8) is 0 Å². The summed E-state index contributed by atoms with van der Waals surface area (Å²) in [6.07, 6.45) is -0.0258. The summed E-state index contributed by atoms with van der Waals surface area (Å²) < 4.78 is 71.3. The molecule has 1 heterocycles. The number of carbonyl (C=O) groups is 1. The highest BCUT2D eigenvalue weighted by Gasteiger charge is 2.50. The lowest BCUT2D eigenvalue weighted by Gasteiger charge is -2.20. The van der Waals surface area contributed by atoms with Gasteiger partial charge in [-0.1, -0.05) is 12.1 Å². The molecule has 0 N–H and O–H groups in total. The van der Waals surface area contributed by atoms with Crippen LogP contribution in [-0.2, 0) is 14.8 Å². The van der Waals surface area contributed by atoms with Gasteiger partial charge in [-0.05, 0) is 24.3 Å². The molecule has 0 bridgehead atoms. The van der Waals surface area contributed by atoms with E-state index in [9.17, 15) is 26.4 Å². The minimum absolute atomic E-state index is 0.0258. The Morgan fingerprint density at radius 3 is 2.69 bits per heavy atom. The molecule has 0 aromatic heterocycles. The predicted octanol–water partition coefficient (Wildman–Crippen LogP) is 2.14. The molecule has 26 heavy (non-hydrogen) atoms.